The van der Waals surface area contributed by atoms with Crippen LogP contribution in [-0.2, 0) is 28.6 Å². The van der Waals surface area contributed by atoms with E-state index in [9.17, 15) is 14.4 Å². The number of allylic oxidation sites excluding steroid dienone is 12. The van der Waals surface area contributed by atoms with Crippen molar-refractivity contribution < 1.29 is 28.6 Å². The number of hydrogen-bond acceptors (Lipinski definition) is 6. The van der Waals surface area contributed by atoms with Crippen molar-refractivity contribution in [3.8, 4) is 0 Å². The van der Waals surface area contributed by atoms with Crippen molar-refractivity contribution in [2.45, 2.75) is 329 Å². The van der Waals surface area contributed by atoms with Gasteiger partial charge >= 0.3 is 17.9 Å². The summed E-state index contributed by atoms with van der Waals surface area (Å²) >= 11 is 0. The van der Waals surface area contributed by atoms with Crippen LogP contribution >= 0.6 is 0 Å². The van der Waals surface area contributed by atoms with E-state index in [1.54, 1.807) is 0 Å². The first-order valence-corrected chi connectivity index (χ1v) is 31.9. The quantitative estimate of drug-likeness (QED) is 0.0261. The van der Waals surface area contributed by atoms with Crippen LogP contribution in [0.3, 0.4) is 0 Å². The summed E-state index contributed by atoms with van der Waals surface area (Å²) in [5.41, 5.74) is 0. The number of carbonyl (C=O) groups excluding carboxylic acids is 3. The molecule has 0 radical (unpaired) electrons. The van der Waals surface area contributed by atoms with Gasteiger partial charge in [-0.15, -0.1) is 0 Å². The number of unbranched alkanes of at least 4 members (excludes halogenated alkanes) is 35. The molecule has 1 atom stereocenters. The monoisotopic (exact) mass is 1030 g/mol. The van der Waals surface area contributed by atoms with Crippen LogP contribution in [0.15, 0.2) is 72.9 Å². The molecule has 0 aliphatic rings. The molecule has 0 aromatic rings. The Hall–Kier alpha value is -3.15. The number of hydrogen-bond donors (Lipinski definition) is 0. The maximum absolute atomic E-state index is 12.9. The minimum absolute atomic E-state index is 0.0963. The molecule has 6 heteroatoms. The van der Waals surface area contributed by atoms with Crippen molar-refractivity contribution >= 4 is 17.9 Å². The van der Waals surface area contributed by atoms with Gasteiger partial charge in [-0.1, -0.05) is 299 Å². The van der Waals surface area contributed by atoms with Crippen molar-refractivity contribution in [1.82, 2.24) is 0 Å². The third-order valence-electron chi connectivity index (χ3n) is 14.0. The summed E-state index contributed by atoms with van der Waals surface area (Å²) in [6, 6.07) is 0. The number of carbonyl (C=O) groups is 3. The fraction of sp³-hybridized carbons (Fsp3) is 0.779. The van der Waals surface area contributed by atoms with Gasteiger partial charge in [-0.2, -0.15) is 0 Å². The fourth-order valence-corrected chi connectivity index (χ4v) is 9.20. The molecule has 0 aliphatic heterocycles. The molecule has 0 bridgehead atoms. The molecule has 0 heterocycles. The predicted octanol–water partition coefficient (Wildman–Crippen LogP) is 21.7. The van der Waals surface area contributed by atoms with Crippen LogP contribution in [0, 0.1) is 0 Å². The van der Waals surface area contributed by atoms with E-state index in [1.807, 2.05) is 6.08 Å². The van der Waals surface area contributed by atoms with Gasteiger partial charge in [-0.3, -0.25) is 14.4 Å². The molecule has 0 rings (SSSR count). The molecule has 428 valence electrons. The molecule has 0 spiro atoms. The molecule has 6 nitrogen and oxygen atoms in total. The van der Waals surface area contributed by atoms with E-state index in [0.29, 0.717) is 19.3 Å². The largest absolute Gasteiger partial charge is 0.462 e. The third kappa shape index (κ3) is 59.7. The van der Waals surface area contributed by atoms with Gasteiger partial charge in [-0.05, 0) is 77.0 Å². The second-order valence-electron chi connectivity index (χ2n) is 21.3. The highest BCUT2D eigenvalue weighted by Crippen LogP contribution is 2.17. The number of rotatable bonds is 58. The molecular weight excluding hydrogens is 913 g/mol. The molecule has 74 heavy (non-hydrogen) atoms. The van der Waals surface area contributed by atoms with Crippen LogP contribution in [0.5, 0.6) is 0 Å². The van der Waals surface area contributed by atoms with E-state index in [0.717, 1.165) is 70.6 Å². The van der Waals surface area contributed by atoms with Crippen LogP contribution in [0.25, 0.3) is 0 Å². The lowest BCUT2D eigenvalue weighted by Crippen LogP contribution is -2.30. The van der Waals surface area contributed by atoms with Crippen molar-refractivity contribution in [3.05, 3.63) is 72.9 Å². The lowest BCUT2D eigenvalue weighted by atomic mass is 10.0. The zero-order chi connectivity index (χ0) is 53.6. The molecule has 0 saturated carbocycles. The van der Waals surface area contributed by atoms with Gasteiger partial charge in [0.05, 0.1) is 0 Å². The Morgan fingerprint density at radius 2 is 0.554 bits per heavy atom. The van der Waals surface area contributed by atoms with Crippen LogP contribution in [-0.4, -0.2) is 37.2 Å². The minimum atomic E-state index is -0.806. The summed E-state index contributed by atoms with van der Waals surface area (Å²) < 4.78 is 16.8. The highest BCUT2D eigenvalue weighted by Gasteiger charge is 2.19. The van der Waals surface area contributed by atoms with E-state index in [2.05, 4.69) is 87.6 Å². The standard InChI is InChI=1S/C68H120O6/c1-4-7-10-13-16-19-22-25-27-29-31-33-35-36-38-40-43-46-49-52-55-58-61-67(70)73-64-65(63-72-66(69)60-57-54-51-48-45-42-24-21-18-15-12-9-6-3)74-68(71)62-59-56-53-50-47-44-41-39-37-34-32-30-28-26-23-20-17-14-11-8-5-2/h9,12,18,21,23,26,30,32,42,45,51,54,65H,4-8,10-11,13-17,19-20,22,24-25,27-29,31,33-41,43-44,46-50,52-53,55-64H2,1-3H3/b12-9-,21-18-,26-23-,32-30-,45-42-,54-51-. The molecule has 0 saturated heterocycles. The van der Waals surface area contributed by atoms with Gasteiger partial charge in [0.15, 0.2) is 6.10 Å². The lowest BCUT2D eigenvalue weighted by Gasteiger charge is -2.18. The molecule has 0 fully saturated rings. The summed E-state index contributed by atoms with van der Waals surface area (Å²) in [6.07, 6.45) is 80.7. The Morgan fingerprint density at radius 1 is 0.284 bits per heavy atom. The smallest absolute Gasteiger partial charge is 0.306 e. The Morgan fingerprint density at radius 3 is 0.905 bits per heavy atom. The molecule has 0 aliphatic carbocycles. The summed E-state index contributed by atoms with van der Waals surface area (Å²) in [4.78, 5) is 38.2. The van der Waals surface area contributed by atoms with Crippen LogP contribution in [0.4, 0.5) is 0 Å². The topological polar surface area (TPSA) is 78.9 Å². The SMILES string of the molecule is CC/C=C\C/C=C\C/C=C\C/C=C\CCC(=O)OCC(COC(=O)CCCCCCCCCCCCCCCCCCCCCCCC)OC(=O)CCCCCCCCCCC/C=C\C/C=C\CCCCCCC. The molecule has 0 aromatic carbocycles. The maximum Gasteiger partial charge on any atom is 0.306 e. The second-order valence-corrected chi connectivity index (χ2v) is 21.3. The minimum Gasteiger partial charge on any atom is -0.462 e. The highest BCUT2D eigenvalue weighted by molar-refractivity contribution is 5.71. The summed E-state index contributed by atoms with van der Waals surface area (Å²) in [7, 11) is 0. The average molecular weight is 1030 g/mol. The van der Waals surface area contributed by atoms with Crippen LogP contribution in [0.2, 0.25) is 0 Å². The van der Waals surface area contributed by atoms with Crippen molar-refractivity contribution in [2.24, 2.45) is 0 Å². The van der Waals surface area contributed by atoms with E-state index in [4.69, 9.17) is 14.2 Å². The van der Waals surface area contributed by atoms with Crippen molar-refractivity contribution in [3.63, 3.8) is 0 Å². The first-order chi connectivity index (χ1) is 36.5. The Bertz CT molecular complexity index is 1370. The van der Waals surface area contributed by atoms with Crippen molar-refractivity contribution in [1.29, 1.82) is 0 Å². The molecule has 0 N–H and O–H groups in total. The van der Waals surface area contributed by atoms with Gasteiger partial charge in [0.1, 0.15) is 13.2 Å². The Kier molecular flexibility index (Phi) is 59.7. The molecule has 0 aromatic heterocycles. The van der Waals surface area contributed by atoms with Crippen LogP contribution < -0.4 is 0 Å². The Balaban J connectivity index is 4.34. The van der Waals surface area contributed by atoms with E-state index in [1.165, 1.54) is 205 Å². The van der Waals surface area contributed by atoms with E-state index in [-0.39, 0.29) is 37.5 Å². The maximum atomic E-state index is 12.9. The van der Waals surface area contributed by atoms with Crippen molar-refractivity contribution in [2.75, 3.05) is 13.2 Å². The molecular formula is C68H120O6. The summed E-state index contributed by atoms with van der Waals surface area (Å²) in [5.74, 6) is -0.971. The van der Waals surface area contributed by atoms with Gasteiger partial charge in [0.25, 0.3) is 0 Å². The summed E-state index contributed by atoms with van der Waals surface area (Å²) in [6.45, 7) is 6.49. The highest BCUT2D eigenvalue weighted by atomic mass is 16.6. The van der Waals surface area contributed by atoms with Gasteiger partial charge in [-0.25, -0.2) is 0 Å². The third-order valence-corrected chi connectivity index (χ3v) is 14.0. The summed E-state index contributed by atoms with van der Waals surface area (Å²) in [5, 5.41) is 0. The Labute approximate surface area is 459 Å². The predicted molar refractivity (Wildman–Crippen MR) is 321 cm³/mol. The first-order valence-electron chi connectivity index (χ1n) is 31.9. The lowest BCUT2D eigenvalue weighted by molar-refractivity contribution is -0.166. The van der Waals surface area contributed by atoms with Gasteiger partial charge in [0.2, 0.25) is 0 Å². The molecule has 1 unspecified atom stereocenters. The average Bonchev–Trinajstić information content (AvgIpc) is 3.40. The van der Waals surface area contributed by atoms with Gasteiger partial charge < -0.3 is 14.2 Å². The van der Waals surface area contributed by atoms with E-state index >= 15 is 0 Å². The normalized spacial score (nSPS) is 12.5. The zero-order valence-electron chi connectivity index (χ0n) is 49.1. The first kappa shape index (κ1) is 70.8. The van der Waals surface area contributed by atoms with Crippen LogP contribution in [0.1, 0.15) is 323 Å². The molecule has 0 amide bonds. The second kappa shape index (κ2) is 62.4. The van der Waals surface area contributed by atoms with E-state index < -0.39 is 6.10 Å². The zero-order valence-corrected chi connectivity index (χ0v) is 49.1. The number of ether oxygens (including phenoxy) is 3. The fourth-order valence-electron chi connectivity index (χ4n) is 9.20. The number of esters is 3. The van der Waals surface area contributed by atoms with Gasteiger partial charge in [0, 0.05) is 19.3 Å².